The molecule has 0 radical (unpaired) electrons. The van der Waals surface area contributed by atoms with Gasteiger partial charge in [-0.15, -0.1) is 0 Å². The molecule has 5 rings (SSSR count). The second kappa shape index (κ2) is 10.5. The van der Waals surface area contributed by atoms with Crippen molar-refractivity contribution >= 4 is 34.3 Å². The standard InChI is InChI=1S/C27H34N6O2S/c1-17(2)29-27(36)32-11-8-20(16-32)30-26-28-15-19-14-23(22-7-5-4-6-18(22)3)25(34)33(24(19)31-26)21-9-12-35-13-10-21/h4-7,14-15,17,20-21H,8-13,16H2,1-3H3,(H,29,36)(H,28,30,31)/t20-/m0/s1. The molecule has 0 saturated carbocycles. The highest BCUT2D eigenvalue weighted by Crippen LogP contribution is 2.28. The maximum Gasteiger partial charge on any atom is 0.260 e. The molecule has 36 heavy (non-hydrogen) atoms. The first kappa shape index (κ1) is 24.6. The molecular weight excluding hydrogens is 472 g/mol. The fourth-order valence-corrected chi connectivity index (χ4v) is 5.52. The highest BCUT2D eigenvalue weighted by atomic mass is 32.1. The van der Waals surface area contributed by atoms with Gasteiger partial charge in [-0.2, -0.15) is 4.98 Å². The summed E-state index contributed by atoms with van der Waals surface area (Å²) in [5, 5.41) is 8.45. The normalized spacial score (nSPS) is 18.7. The van der Waals surface area contributed by atoms with Crippen molar-refractivity contribution in [3.8, 4) is 11.1 Å². The van der Waals surface area contributed by atoms with Crippen molar-refractivity contribution in [1.82, 2.24) is 24.8 Å². The van der Waals surface area contributed by atoms with Gasteiger partial charge in [0.15, 0.2) is 5.11 Å². The lowest BCUT2D eigenvalue weighted by Crippen LogP contribution is -2.42. The van der Waals surface area contributed by atoms with Crippen molar-refractivity contribution < 1.29 is 4.74 Å². The lowest BCUT2D eigenvalue weighted by atomic mass is 10.00. The van der Waals surface area contributed by atoms with Crippen LogP contribution in [0.15, 0.2) is 41.3 Å². The number of likely N-dealkylation sites (tertiary alicyclic amines) is 1. The van der Waals surface area contributed by atoms with Gasteiger partial charge in [0.2, 0.25) is 5.95 Å². The molecule has 190 valence electrons. The average Bonchev–Trinajstić information content (AvgIpc) is 3.33. The molecule has 1 aromatic carbocycles. The number of ether oxygens (including phenoxy) is 1. The molecule has 2 aromatic heterocycles. The first-order valence-electron chi connectivity index (χ1n) is 12.8. The maximum absolute atomic E-state index is 13.9. The van der Waals surface area contributed by atoms with Crippen LogP contribution in [-0.2, 0) is 4.74 Å². The number of benzene rings is 1. The minimum absolute atomic E-state index is 0.00880. The fraction of sp³-hybridized carbons (Fsp3) is 0.481. The molecule has 2 fully saturated rings. The van der Waals surface area contributed by atoms with Gasteiger partial charge >= 0.3 is 0 Å². The number of anilines is 1. The van der Waals surface area contributed by atoms with Gasteiger partial charge in [-0.05, 0) is 69.4 Å². The molecule has 3 aromatic rings. The Morgan fingerprint density at radius 1 is 1.17 bits per heavy atom. The van der Waals surface area contributed by atoms with E-state index in [1.807, 2.05) is 48.0 Å². The summed E-state index contributed by atoms with van der Waals surface area (Å²) in [4.78, 5) is 25.6. The van der Waals surface area contributed by atoms with Gasteiger partial charge in [0, 0.05) is 61.6 Å². The van der Waals surface area contributed by atoms with E-state index < -0.39 is 0 Å². The van der Waals surface area contributed by atoms with Crippen molar-refractivity contribution in [3.63, 3.8) is 0 Å². The molecule has 2 N–H and O–H groups in total. The van der Waals surface area contributed by atoms with Crippen LogP contribution in [0.3, 0.4) is 0 Å². The van der Waals surface area contributed by atoms with E-state index in [0.29, 0.717) is 36.4 Å². The number of rotatable bonds is 5. The van der Waals surface area contributed by atoms with Crippen LogP contribution in [0.5, 0.6) is 0 Å². The van der Waals surface area contributed by atoms with E-state index in [-0.39, 0.29) is 17.6 Å². The lowest BCUT2D eigenvalue weighted by Gasteiger charge is -2.26. The predicted molar refractivity (Wildman–Crippen MR) is 148 cm³/mol. The first-order chi connectivity index (χ1) is 17.4. The van der Waals surface area contributed by atoms with Crippen LogP contribution in [-0.4, -0.2) is 62.9 Å². The molecule has 0 spiro atoms. The highest BCUT2D eigenvalue weighted by molar-refractivity contribution is 7.80. The summed E-state index contributed by atoms with van der Waals surface area (Å²) in [6, 6.07) is 10.5. The Kier molecular flexibility index (Phi) is 7.20. The minimum Gasteiger partial charge on any atom is -0.381 e. The first-order valence-corrected chi connectivity index (χ1v) is 13.2. The van der Waals surface area contributed by atoms with Crippen LogP contribution < -0.4 is 16.2 Å². The Morgan fingerprint density at radius 2 is 1.94 bits per heavy atom. The van der Waals surface area contributed by atoms with E-state index in [2.05, 4.69) is 34.4 Å². The summed E-state index contributed by atoms with van der Waals surface area (Å²) in [6.07, 6.45) is 4.35. The molecule has 8 nitrogen and oxygen atoms in total. The third kappa shape index (κ3) is 5.08. The van der Waals surface area contributed by atoms with Gasteiger partial charge in [0.25, 0.3) is 5.56 Å². The van der Waals surface area contributed by atoms with Crippen molar-refractivity contribution in [1.29, 1.82) is 0 Å². The van der Waals surface area contributed by atoms with Crippen molar-refractivity contribution in [3.05, 3.63) is 52.4 Å². The molecular formula is C27H34N6O2S. The fourth-order valence-electron chi connectivity index (χ4n) is 5.12. The van der Waals surface area contributed by atoms with Gasteiger partial charge in [-0.1, -0.05) is 24.3 Å². The van der Waals surface area contributed by atoms with Crippen LogP contribution >= 0.6 is 12.2 Å². The van der Waals surface area contributed by atoms with Crippen LogP contribution in [0.1, 0.15) is 44.7 Å². The molecule has 4 heterocycles. The number of nitrogens with zero attached hydrogens (tertiary/aromatic N) is 4. The number of aromatic nitrogens is 3. The molecule has 1 atom stereocenters. The van der Waals surface area contributed by atoms with Gasteiger partial charge in [0.1, 0.15) is 5.65 Å². The minimum atomic E-state index is -0.00880. The Bertz CT molecular complexity index is 1320. The van der Waals surface area contributed by atoms with Gasteiger partial charge in [-0.25, -0.2) is 4.98 Å². The van der Waals surface area contributed by atoms with Crippen molar-refractivity contribution in [2.45, 2.75) is 58.2 Å². The zero-order chi connectivity index (χ0) is 25.2. The van der Waals surface area contributed by atoms with Crippen LogP contribution in [0.25, 0.3) is 22.2 Å². The number of hydrogen-bond donors (Lipinski definition) is 2. The Hall–Kier alpha value is -3.04. The zero-order valence-electron chi connectivity index (χ0n) is 21.2. The second-order valence-electron chi connectivity index (χ2n) is 10.0. The molecule has 2 saturated heterocycles. The van der Waals surface area contributed by atoms with Crippen LogP contribution in [0.4, 0.5) is 5.95 Å². The summed E-state index contributed by atoms with van der Waals surface area (Å²) in [5.41, 5.74) is 3.37. The van der Waals surface area contributed by atoms with Crippen LogP contribution in [0.2, 0.25) is 0 Å². The zero-order valence-corrected chi connectivity index (χ0v) is 22.0. The summed E-state index contributed by atoms with van der Waals surface area (Å²) in [5.74, 6) is 0.543. The van der Waals surface area contributed by atoms with E-state index in [9.17, 15) is 4.79 Å². The quantitative estimate of drug-likeness (QED) is 0.505. The SMILES string of the molecule is Cc1ccccc1-c1cc2cnc(N[C@H]3CCN(C(=S)NC(C)C)C3)nc2n(C2CCOCC2)c1=O. The number of nitrogens with one attached hydrogen (secondary N) is 2. The molecule has 2 aliphatic rings. The van der Waals surface area contributed by atoms with E-state index in [4.69, 9.17) is 21.9 Å². The number of hydrogen-bond acceptors (Lipinski definition) is 6. The van der Waals surface area contributed by atoms with Gasteiger partial charge in [0.05, 0.1) is 0 Å². The molecule has 0 unspecified atom stereocenters. The monoisotopic (exact) mass is 506 g/mol. The van der Waals surface area contributed by atoms with E-state index in [1.54, 1.807) is 0 Å². The van der Waals surface area contributed by atoms with Gasteiger partial charge < -0.3 is 20.3 Å². The highest BCUT2D eigenvalue weighted by Gasteiger charge is 2.26. The summed E-state index contributed by atoms with van der Waals surface area (Å²) < 4.78 is 7.48. The van der Waals surface area contributed by atoms with Crippen LogP contribution in [0, 0.1) is 6.92 Å². The lowest BCUT2D eigenvalue weighted by molar-refractivity contribution is 0.0697. The van der Waals surface area contributed by atoms with Crippen molar-refractivity contribution in [2.24, 2.45) is 0 Å². The smallest absolute Gasteiger partial charge is 0.260 e. The molecule has 0 bridgehead atoms. The summed E-state index contributed by atoms with van der Waals surface area (Å²) in [7, 11) is 0. The molecule has 9 heteroatoms. The van der Waals surface area contributed by atoms with Gasteiger partial charge in [-0.3, -0.25) is 9.36 Å². The number of aryl methyl sites for hydroxylation is 1. The molecule has 2 aliphatic heterocycles. The molecule has 0 aliphatic carbocycles. The Balaban J connectivity index is 1.49. The van der Waals surface area contributed by atoms with E-state index in [1.165, 1.54) is 0 Å². The van der Waals surface area contributed by atoms with Crippen molar-refractivity contribution in [2.75, 3.05) is 31.6 Å². The predicted octanol–water partition coefficient (Wildman–Crippen LogP) is 3.89. The Labute approximate surface area is 217 Å². The topological polar surface area (TPSA) is 84.3 Å². The summed E-state index contributed by atoms with van der Waals surface area (Å²) >= 11 is 5.54. The molecule has 0 amide bonds. The third-order valence-corrected chi connectivity index (χ3v) is 7.36. The number of thiocarbonyl (C=S) groups is 1. The third-order valence-electron chi connectivity index (χ3n) is 6.99. The van der Waals surface area contributed by atoms with E-state index >= 15 is 0 Å². The maximum atomic E-state index is 13.9. The number of pyridine rings is 1. The van der Waals surface area contributed by atoms with E-state index in [0.717, 1.165) is 54.0 Å². The largest absolute Gasteiger partial charge is 0.381 e. The summed E-state index contributed by atoms with van der Waals surface area (Å²) in [6.45, 7) is 9.17. The average molecular weight is 507 g/mol. The Morgan fingerprint density at radius 3 is 2.69 bits per heavy atom. The second-order valence-corrected chi connectivity index (χ2v) is 10.4. The number of fused-ring (bicyclic) bond motifs is 1.